The second-order valence-corrected chi connectivity index (χ2v) is 4.43. The molecule has 0 spiro atoms. The molecule has 0 radical (unpaired) electrons. The summed E-state index contributed by atoms with van der Waals surface area (Å²) in [6, 6.07) is 0.342. The van der Waals surface area contributed by atoms with Crippen LogP contribution in [-0.2, 0) is 4.74 Å². The summed E-state index contributed by atoms with van der Waals surface area (Å²) in [6.45, 7) is 3.02. The third kappa shape index (κ3) is 3.23. The van der Waals surface area contributed by atoms with Crippen LogP contribution in [0.4, 0.5) is 0 Å². The van der Waals surface area contributed by atoms with Crippen LogP contribution in [-0.4, -0.2) is 19.8 Å². The highest BCUT2D eigenvalue weighted by atomic mass is 16.5. The van der Waals surface area contributed by atoms with E-state index in [1.165, 1.54) is 32.1 Å². The molecule has 0 heterocycles. The van der Waals surface area contributed by atoms with Crippen molar-refractivity contribution in [3.8, 4) is 0 Å². The predicted molar refractivity (Wildman–Crippen MR) is 58.7 cm³/mol. The van der Waals surface area contributed by atoms with Crippen molar-refractivity contribution in [3.63, 3.8) is 0 Å². The molecule has 3 atom stereocenters. The molecule has 1 fully saturated rings. The molecule has 1 rings (SSSR count). The largest absolute Gasteiger partial charge is 0.383 e. The molecular weight excluding hydrogens is 176 g/mol. The quantitative estimate of drug-likeness (QED) is 0.524. The lowest BCUT2D eigenvalue weighted by Crippen LogP contribution is -2.45. The molecular formula is C11H24N2O. The fourth-order valence-corrected chi connectivity index (χ4v) is 2.57. The number of hydrogen-bond acceptors (Lipinski definition) is 3. The molecule has 0 amide bonds. The lowest BCUT2D eigenvalue weighted by Gasteiger charge is -2.33. The molecule has 3 heteroatoms. The van der Waals surface area contributed by atoms with Crippen molar-refractivity contribution < 1.29 is 4.74 Å². The molecule has 14 heavy (non-hydrogen) atoms. The normalized spacial score (nSPS) is 30.2. The standard InChI is InChI=1S/C11H24N2O/c1-3-9-5-4-6-10(7-9)11(13-12)8-14-2/h9-11,13H,3-8,12H2,1-2H3. The van der Waals surface area contributed by atoms with E-state index in [-0.39, 0.29) is 0 Å². The summed E-state index contributed by atoms with van der Waals surface area (Å²) >= 11 is 0. The highest BCUT2D eigenvalue weighted by Gasteiger charge is 2.26. The van der Waals surface area contributed by atoms with Crippen LogP contribution in [0.1, 0.15) is 39.0 Å². The Morgan fingerprint density at radius 3 is 2.86 bits per heavy atom. The minimum atomic E-state index is 0.342. The van der Waals surface area contributed by atoms with Crippen molar-refractivity contribution in [2.24, 2.45) is 17.7 Å². The summed E-state index contributed by atoms with van der Waals surface area (Å²) in [5, 5.41) is 0. The van der Waals surface area contributed by atoms with Crippen molar-refractivity contribution in [2.75, 3.05) is 13.7 Å². The fourth-order valence-electron chi connectivity index (χ4n) is 2.57. The van der Waals surface area contributed by atoms with Gasteiger partial charge in [0.15, 0.2) is 0 Å². The SMILES string of the molecule is CCC1CCCC(C(COC)NN)C1. The monoisotopic (exact) mass is 200 g/mol. The van der Waals surface area contributed by atoms with Gasteiger partial charge in [-0.1, -0.05) is 26.2 Å². The molecule has 3 unspecified atom stereocenters. The van der Waals surface area contributed by atoms with E-state index >= 15 is 0 Å². The first kappa shape index (κ1) is 12.0. The molecule has 3 N–H and O–H groups in total. The maximum atomic E-state index is 5.55. The molecule has 1 saturated carbocycles. The number of nitrogens with one attached hydrogen (secondary N) is 1. The van der Waals surface area contributed by atoms with E-state index in [1.807, 2.05) is 0 Å². The van der Waals surface area contributed by atoms with Crippen LogP contribution >= 0.6 is 0 Å². The molecule has 1 aliphatic carbocycles. The lowest BCUT2D eigenvalue weighted by atomic mass is 9.77. The molecule has 0 saturated heterocycles. The number of rotatable bonds is 5. The molecule has 3 nitrogen and oxygen atoms in total. The molecule has 84 valence electrons. The van der Waals surface area contributed by atoms with E-state index in [2.05, 4.69) is 12.3 Å². The van der Waals surface area contributed by atoms with E-state index in [9.17, 15) is 0 Å². The second kappa shape index (κ2) is 6.38. The van der Waals surface area contributed by atoms with Gasteiger partial charge in [0.1, 0.15) is 0 Å². The zero-order valence-electron chi connectivity index (χ0n) is 9.46. The van der Waals surface area contributed by atoms with Crippen LogP contribution in [0.5, 0.6) is 0 Å². The van der Waals surface area contributed by atoms with Gasteiger partial charge in [-0.2, -0.15) is 0 Å². The van der Waals surface area contributed by atoms with Gasteiger partial charge in [-0.3, -0.25) is 11.3 Å². The average Bonchev–Trinajstić information content (AvgIpc) is 2.26. The molecule has 0 aromatic heterocycles. The summed E-state index contributed by atoms with van der Waals surface area (Å²) in [5.41, 5.74) is 2.89. The summed E-state index contributed by atoms with van der Waals surface area (Å²) in [7, 11) is 1.74. The summed E-state index contributed by atoms with van der Waals surface area (Å²) in [4.78, 5) is 0. The van der Waals surface area contributed by atoms with Crippen molar-refractivity contribution in [3.05, 3.63) is 0 Å². The van der Waals surface area contributed by atoms with Crippen molar-refractivity contribution >= 4 is 0 Å². The minimum Gasteiger partial charge on any atom is -0.383 e. The van der Waals surface area contributed by atoms with E-state index in [0.29, 0.717) is 12.0 Å². The number of hydrazine groups is 1. The van der Waals surface area contributed by atoms with Crippen LogP contribution in [0, 0.1) is 11.8 Å². The fraction of sp³-hybridized carbons (Fsp3) is 1.00. The Morgan fingerprint density at radius 2 is 2.29 bits per heavy atom. The number of methoxy groups -OCH3 is 1. The Morgan fingerprint density at radius 1 is 1.50 bits per heavy atom. The van der Waals surface area contributed by atoms with Crippen LogP contribution in [0.15, 0.2) is 0 Å². The van der Waals surface area contributed by atoms with E-state index in [1.54, 1.807) is 7.11 Å². The molecule has 0 bridgehead atoms. The topological polar surface area (TPSA) is 47.3 Å². The average molecular weight is 200 g/mol. The molecule has 0 aromatic carbocycles. The van der Waals surface area contributed by atoms with Gasteiger partial charge in [0.25, 0.3) is 0 Å². The van der Waals surface area contributed by atoms with Gasteiger partial charge in [0, 0.05) is 13.2 Å². The summed E-state index contributed by atoms with van der Waals surface area (Å²) < 4.78 is 5.17. The third-order valence-electron chi connectivity index (χ3n) is 3.53. The number of ether oxygens (including phenoxy) is 1. The highest BCUT2D eigenvalue weighted by Crippen LogP contribution is 2.32. The maximum Gasteiger partial charge on any atom is 0.0632 e. The van der Waals surface area contributed by atoms with Gasteiger partial charge in [-0.15, -0.1) is 0 Å². The minimum absolute atomic E-state index is 0.342. The Kier molecular flexibility index (Phi) is 5.45. The van der Waals surface area contributed by atoms with Crippen LogP contribution in [0.2, 0.25) is 0 Å². The third-order valence-corrected chi connectivity index (χ3v) is 3.53. The first-order chi connectivity index (χ1) is 6.81. The Labute approximate surface area is 87.4 Å². The van der Waals surface area contributed by atoms with Gasteiger partial charge in [0.05, 0.1) is 6.61 Å². The predicted octanol–water partition coefficient (Wildman–Crippen LogP) is 1.68. The first-order valence-electron chi connectivity index (χ1n) is 5.76. The molecule has 0 aromatic rings. The van der Waals surface area contributed by atoms with Crippen LogP contribution in [0.3, 0.4) is 0 Å². The van der Waals surface area contributed by atoms with Gasteiger partial charge in [-0.25, -0.2) is 0 Å². The first-order valence-corrected chi connectivity index (χ1v) is 5.76. The molecule has 0 aliphatic heterocycles. The zero-order valence-corrected chi connectivity index (χ0v) is 9.46. The highest BCUT2D eigenvalue weighted by molar-refractivity contribution is 4.80. The van der Waals surface area contributed by atoms with Gasteiger partial charge in [0.2, 0.25) is 0 Å². The Balaban J connectivity index is 2.40. The summed E-state index contributed by atoms with van der Waals surface area (Å²) in [6.07, 6.45) is 6.67. The number of nitrogens with two attached hydrogens (primary N) is 1. The smallest absolute Gasteiger partial charge is 0.0632 e. The van der Waals surface area contributed by atoms with Crippen LogP contribution < -0.4 is 11.3 Å². The van der Waals surface area contributed by atoms with Crippen LogP contribution in [0.25, 0.3) is 0 Å². The van der Waals surface area contributed by atoms with E-state index in [0.717, 1.165) is 12.5 Å². The van der Waals surface area contributed by atoms with Crippen molar-refractivity contribution in [2.45, 2.75) is 45.1 Å². The van der Waals surface area contributed by atoms with Crippen molar-refractivity contribution in [1.82, 2.24) is 5.43 Å². The van der Waals surface area contributed by atoms with E-state index < -0.39 is 0 Å². The second-order valence-electron chi connectivity index (χ2n) is 4.43. The van der Waals surface area contributed by atoms with Crippen molar-refractivity contribution in [1.29, 1.82) is 0 Å². The van der Waals surface area contributed by atoms with Gasteiger partial charge in [-0.05, 0) is 24.7 Å². The van der Waals surface area contributed by atoms with E-state index in [4.69, 9.17) is 10.6 Å². The molecule has 1 aliphatic rings. The lowest BCUT2D eigenvalue weighted by molar-refractivity contribution is 0.112. The Bertz CT molecular complexity index is 152. The van der Waals surface area contributed by atoms with Gasteiger partial charge >= 0.3 is 0 Å². The summed E-state index contributed by atoms with van der Waals surface area (Å²) in [5.74, 6) is 7.16. The number of hydrogen-bond donors (Lipinski definition) is 2. The maximum absolute atomic E-state index is 5.55. The zero-order chi connectivity index (χ0) is 10.4. The Hall–Kier alpha value is -0.120. The van der Waals surface area contributed by atoms with Gasteiger partial charge < -0.3 is 4.74 Å².